The lowest BCUT2D eigenvalue weighted by Gasteiger charge is -2.37. The van der Waals surface area contributed by atoms with Crippen molar-refractivity contribution in [2.45, 2.75) is 24.2 Å². The largest absolute Gasteiger partial charge is 0.473 e. The molecule has 0 radical (unpaired) electrons. The number of amides is 1. The first-order chi connectivity index (χ1) is 13.5. The number of sulfonamides is 1. The van der Waals surface area contributed by atoms with Gasteiger partial charge in [-0.05, 0) is 25.3 Å². The summed E-state index contributed by atoms with van der Waals surface area (Å²) in [6.45, 7) is 2.22. The van der Waals surface area contributed by atoms with Gasteiger partial charge >= 0.3 is 0 Å². The first-order valence-electron chi connectivity index (χ1n) is 9.31. The second-order valence-corrected chi connectivity index (χ2v) is 8.89. The van der Waals surface area contributed by atoms with Gasteiger partial charge < -0.3 is 15.4 Å². The Balaban J connectivity index is 1.57. The van der Waals surface area contributed by atoms with Gasteiger partial charge in [-0.1, -0.05) is 0 Å². The Bertz CT molecular complexity index is 816. The minimum absolute atomic E-state index is 0.0270. The van der Waals surface area contributed by atoms with Gasteiger partial charge in [0.2, 0.25) is 21.8 Å². The normalized spacial score (nSPS) is 19.4. The van der Waals surface area contributed by atoms with Crippen molar-refractivity contribution in [3.8, 4) is 5.88 Å². The smallest absolute Gasteiger partial charge is 0.244 e. The molecule has 0 aromatic carbocycles. The zero-order valence-electron chi connectivity index (χ0n) is 15.6. The highest BCUT2D eigenvalue weighted by molar-refractivity contribution is 7.89. The number of pyridine rings is 1. The fourth-order valence-corrected chi connectivity index (χ4v) is 4.61. The Morgan fingerprint density at radius 2 is 2.00 bits per heavy atom. The zero-order valence-corrected chi connectivity index (χ0v) is 16.4. The average Bonchev–Trinajstić information content (AvgIpc) is 2.68. The second-order valence-electron chi connectivity index (χ2n) is 6.95. The first kappa shape index (κ1) is 20.7. The number of piperidine rings is 1. The van der Waals surface area contributed by atoms with Crippen LogP contribution in [0.15, 0.2) is 35.1 Å². The maximum atomic E-state index is 12.8. The number of hydrogen-bond acceptors (Lipinski definition) is 6. The van der Waals surface area contributed by atoms with Gasteiger partial charge in [0, 0.05) is 50.3 Å². The highest BCUT2D eigenvalue weighted by Gasteiger charge is 2.35. The van der Waals surface area contributed by atoms with Gasteiger partial charge in [-0.3, -0.25) is 4.79 Å². The maximum absolute atomic E-state index is 12.8. The molecule has 28 heavy (non-hydrogen) atoms. The molecule has 0 bridgehead atoms. The predicted octanol–water partition coefficient (Wildman–Crippen LogP) is 0.905. The lowest BCUT2D eigenvalue weighted by molar-refractivity contribution is -0.140. The summed E-state index contributed by atoms with van der Waals surface area (Å²) in [6, 6.07) is 2.84. The molecule has 8 nitrogen and oxygen atoms in total. The third-order valence-electron chi connectivity index (χ3n) is 5.14. The summed E-state index contributed by atoms with van der Waals surface area (Å²) in [6.07, 6.45) is 3.71. The maximum Gasteiger partial charge on any atom is 0.244 e. The van der Waals surface area contributed by atoms with E-state index in [1.54, 1.807) is 0 Å². The molecule has 0 spiro atoms. The Morgan fingerprint density at radius 1 is 1.29 bits per heavy atom. The summed E-state index contributed by atoms with van der Waals surface area (Å²) in [4.78, 5) is 18.2. The Morgan fingerprint density at radius 3 is 2.50 bits per heavy atom. The molecule has 3 rings (SSSR count). The number of nitrogens with two attached hydrogens (primary N) is 1. The van der Waals surface area contributed by atoms with E-state index in [4.69, 9.17) is 10.5 Å². The van der Waals surface area contributed by atoms with E-state index in [-0.39, 0.29) is 41.3 Å². The number of ether oxygens (including phenoxy) is 1. The summed E-state index contributed by atoms with van der Waals surface area (Å²) in [5.41, 5.74) is 5.62. The van der Waals surface area contributed by atoms with Crippen molar-refractivity contribution in [1.82, 2.24) is 14.2 Å². The van der Waals surface area contributed by atoms with E-state index in [2.05, 4.69) is 4.98 Å². The Labute approximate surface area is 164 Å². The minimum Gasteiger partial charge on any atom is -0.473 e. The number of halogens is 1. The number of nitrogens with zero attached hydrogens (tertiary/aromatic N) is 3. The lowest BCUT2D eigenvalue weighted by Crippen LogP contribution is -2.48. The Hall–Kier alpha value is -2.04. The van der Waals surface area contributed by atoms with Crippen LogP contribution < -0.4 is 10.5 Å². The molecule has 10 heteroatoms. The van der Waals surface area contributed by atoms with Gasteiger partial charge in [-0.15, -0.1) is 0 Å². The SMILES string of the molecule is NCC(=CF)COc1ccc(S(=O)(=O)N2CCC(C(=O)N3CCC3)CC2)cn1. The van der Waals surface area contributed by atoms with Gasteiger partial charge in [-0.25, -0.2) is 17.8 Å². The van der Waals surface area contributed by atoms with Crippen LogP contribution in [0.1, 0.15) is 19.3 Å². The molecule has 154 valence electrons. The monoisotopic (exact) mass is 412 g/mol. The molecule has 0 saturated carbocycles. The van der Waals surface area contributed by atoms with Gasteiger partial charge in [0.05, 0.1) is 12.5 Å². The van der Waals surface area contributed by atoms with Crippen LogP contribution in [0.4, 0.5) is 4.39 Å². The Kier molecular flexibility index (Phi) is 6.63. The summed E-state index contributed by atoms with van der Waals surface area (Å²) < 4.78 is 44.8. The van der Waals surface area contributed by atoms with E-state index in [1.807, 2.05) is 4.90 Å². The van der Waals surface area contributed by atoms with Crippen molar-refractivity contribution >= 4 is 15.9 Å². The van der Waals surface area contributed by atoms with E-state index < -0.39 is 10.0 Å². The number of aromatic nitrogens is 1. The van der Waals surface area contributed by atoms with E-state index in [0.29, 0.717) is 32.3 Å². The van der Waals surface area contributed by atoms with Crippen LogP contribution in [-0.2, 0) is 14.8 Å². The fourth-order valence-electron chi connectivity index (χ4n) is 3.19. The third kappa shape index (κ3) is 4.50. The zero-order chi connectivity index (χ0) is 20.1. The highest BCUT2D eigenvalue weighted by atomic mass is 32.2. The van der Waals surface area contributed by atoms with Gasteiger partial charge in [0.1, 0.15) is 11.5 Å². The number of likely N-dealkylation sites (tertiary alicyclic amines) is 1. The van der Waals surface area contributed by atoms with E-state index in [1.165, 1.54) is 22.6 Å². The van der Waals surface area contributed by atoms with Gasteiger partial charge in [0.25, 0.3) is 0 Å². The molecule has 2 N–H and O–H groups in total. The quantitative estimate of drug-likeness (QED) is 0.713. The molecule has 0 aliphatic carbocycles. The highest BCUT2D eigenvalue weighted by Crippen LogP contribution is 2.26. The van der Waals surface area contributed by atoms with Gasteiger partial charge in [-0.2, -0.15) is 4.31 Å². The van der Waals surface area contributed by atoms with Gasteiger partial charge in [0.15, 0.2) is 0 Å². The number of hydrogen-bond donors (Lipinski definition) is 1. The molecule has 0 atom stereocenters. The summed E-state index contributed by atoms with van der Waals surface area (Å²) in [5, 5.41) is 0. The van der Waals surface area contributed by atoms with Crippen LogP contribution in [-0.4, -0.2) is 67.8 Å². The van der Waals surface area contributed by atoms with Crippen LogP contribution in [0.25, 0.3) is 0 Å². The predicted molar refractivity (Wildman–Crippen MR) is 101 cm³/mol. The number of carbonyl (C=O) groups excluding carboxylic acids is 1. The minimum atomic E-state index is -3.68. The van der Waals surface area contributed by atoms with Crippen LogP contribution in [0.3, 0.4) is 0 Å². The van der Waals surface area contributed by atoms with Crippen molar-refractivity contribution < 1.29 is 22.3 Å². The van der Waals surface area contributed by atoms with Crippen LogP contribution in [0, 0.1) is 5.92 Å². The molecule has 1 aromatic rings. The molecule has 2 fully saturated rings. The molecular formula is C18H25FN4O4S. The van der Waals surface area contributed by atoms with Crippen molar-refractivity contribution in [3.05, 3.63) is 30.2 Å². The summed E-state index contributed by atoms with van der Waals surface area (Å²) in [7, 11) is -3.68. The third-order valence-corrected chi connectivity index (χ3v) is 7.02. The average molecular weight is 412 g/mol. The molecule has 2 aliphatic heterocycles. The molecule has 1 amide bonds. The van der Waals surface area contributed by atoms with Crippen molar-refractivity contribution in [2.24, 2.45) is 11.7 Å². The number of carbonyl (C=O) groups is 1. The van der Waals surface area contributed by atoms with E-state index >= 15 is 0 Å². The van der Waals surface area contributed by atoms with Crippen molar-refractivity contribution in [1.29, 1.82) is 0 Å². The van der Waals surface area contributed by atoms with Crippen LogP contribution in [0.5, 0.6) is 5.88 Å². The topological polar surface area (TPSA) is 106 Å². The molecule has 1 aromatic heterocycles. The second kappa shape index (κ2) is 8.97. The van der Waals surface area contributed by atoms with E-state index in [0.717, 1.165) is 19.5 Å². The summed E-state index contributed by atoms with van der Waals surface area (Å²) >= 11 is 0. The van der Waals surface area contributed by atoms with E-state index in [9.17, 15) is 17.6 Å². The van der Waals surface area contributed by atoms with Crippen LogP contribution >= 0.6 is 0 Å². The van der Waals surface area contributed by atoms with Crippen LogP contribution in [0.2, 0.25) is 0 Å². The molecule has 0 unspecified atom stereocenters. The number of rotatable bonds is 7. The molecule has 2 saturated heterocycles. The molecule has 3 heterocycles. The van der Waals surface area contributed by atoms with Crippen molar-refractivity contribution in [3.63, 3.8) is 0 Å². The molecular weight excluding hydrogens is 387 g/mol. The summed E-state index contributed by atoms with van der Waals surface area (Å²) in [5.74, 6) is 0.234. The molecule has 2 aliphatic rings. The fraction of sp³-hybridized carbons (Fsp3) is 0.556. The first-order valence-corrected chi connectivity index (χ1v) is 10.8. The van der Waals surface area contributed by atoms with Crippen molar-refractivity contribution in [2.75, 3.05) is 39.3 Å². The standard InChI is InChI=1S/C18H25FN4O4S/c19-10-14(11-20)13-27-17-3-2-16(12-21-17)28(25,26)23-8-4-15(5-9-23)18(24)22-6-1-7-22/h2-3,10,12,15H,1,4-9,11,13,20H2. The lowest BCUT2D eigenvalue weighted by atomic mass is 9.95.